The van der Waals surface area contributed by atoms with Crippen LogP contribution < -0.4 is 4.74 Å². The number of ether oxygens (including phenoxy) is 1. The molecule has 2 aromatic rings. The monoisotopic (exact) mass is 464 g/mol. The molecule has 1 aliphatic heterocycles. The summed E-state index contributed by atoms with van der Waals surface area (Å²) in [5.41, 5.74) is 1.31. The third-order valence-corrected chi connectivity index (χ3v) is 7.37. The molecule has 1 heterocycles. The second-order valence-corrected chi connectivity index (χ2v) is 9.85. The van der Waals surface area contributed by atoms with Crippen molar-refractivity contribution in [1.29, 1.82) is 0 Å². The van der Waals surface area contributed by atoms with Gasteiger partial charge in [0.05, 0.1) is 9.92 Å². The fourth-order valence-electron chi connectivity index (χ4n) is 3.37. The topological polar surface area (TPSA) is 84.0 Å². The molecule has 9 heteroatoms. The van der Waals surface area contributed by atoms with E-state index in [0.717, 1.165) is 5.56 Å². The minimum Gasteiger partial charge on any atom is -0.479 e. The van der Waals surface area contributed by atoms with Gasteiger partial charge in [0, 0.05) is 31.7 Å². The van der Waals surface area contributed by atoms with Crippen LogP contribution >= 0.6 is 11.6 Å². The molecule has 1 saturated heterocycles. The second-order valence-electron chi connectivity index (χ2n) is 7.51. The van der Waals surface area contributed by atoms with Crippen molar-refractivity contribution in [3.05, 3.63) is 58.6 Å². The predicted octanol–water partition coefficient (Wildman–Crippen LogP) is 3.15. The summed E-state index contributed by atoms with van der Waals surface area (Å²) in [6.07, 6.45) is -0.755. The summed E-state index contributed by atoms with van der Waals surface area (Å²) in [6.45, 7) is 5.77. The Hall–Kier alpha value is -2.42. The van der Waals surface area contributed by atoms with Crippen LogP contribution in [0.15, 0.2) is 47.4 Å². The molecule has 2 aromatic carbocycles. The molecule has 0 spiro atoms. The molecule has 166 valence electrons. The minimum absolute atomic E-state index is 0.0748. The molecule has 0 aromatic heterocycles. The minimum atomic E-state index is -3.75. The number of carbonyl (C=O) groups excluding carboxylic acids is 2. The van der Waals surface area contributed by atoms with E-state index in [0.29, 0.717) is 16.3 Å². The Labute approximate surface area is 187 Å². The number of carbonyl (C=O) groups is 2. The van der Waals surface area contributed by atoms with Gasteiger partial charge in [0.15, 0.2) is 11.9 Å². The number of ketones is 1. The molecule has 1 amide bonds. The normalized spacial score (nSPS) is 16.1. The lowest BCUT2D eigenvalue weighted by Crippen LogP contribution is -2.53. The number of benzene rings is 2. The molecule has 1 aliphatic rings. The van der Waals surface area contributed by atoms with Gasteiger partial charge >= 0.3 is 0 Å². The smallest absolute Gasteiger partial charge is 0.263 e. The molecule has 0 saturated carbocycles. The first-order valence-electron chi connectivity index (χ1n) is 9.92. The van der Waals surface area contributed by atoms with Crippen LogP contribution in [0.3, 0.4) is 0 Å². The molecular formula is C22H25ClN2O5S. The summed E-state index contributed by atoms with van der Waals surface area (Å²) in [4.78, 5) is 26.0. The van der Waals surface area contributed by atoms with Crippen molar-refractivity contribution in [2.24, 2.45) is 0 Å². The lowest BCUT2D eigenvalue weighted by Gasteiger charge is -2.35. The highest BCUT2D eigenvalue weighted by atomic mass is 35.5. The number of amides is 1. The summed E-state index contributed by atoms with van der Waals surface area (Å²) in [6, 6.07) is 11.3. The van der Waals surface area contributed by atoms with E-state index in [1.807, 2.05) is 13.0 Å². The lowest BCUT2D eigenvalue weighted by atomic mass is 10.2. The summed E-state index contributed by atoms with van der Waals surface area (Å²) in [5.74, 6) is 0.0115. The molecule has 1 unspecified atom stereocenters. The summed E-state index contributed by atoms with van der Waals surface area (Å²) in [7, 11) is -3.75. The number of halogens is 1. The van der Waals surface area contributed by atoms with E-state index in [-0.39, 0.29) is 42.8 Å². The number of Topliss-reactive ketones (excluding diaryl/α,β-unsaturated/α-hetero) is 1. The van der Waals surface area contributed by atoms with Crippen LogP contribution in [0.4, 0.5) is 0 Å². The zero-order valence-electron chi connectivity index (χ0n) is 17.7. The largest absolute Gasteiger partial charge is 0.479 e. The van der Waals surface area contributed by atoms with E-state index >= 15 is 0 Å². The first kappa shape index (κ1) is 23.2. The first-order valence-corrected chi connectivity index (χ1v) is 11.7. The van der Waals surface area contributed by atoms with E-state index in [2.05, 4.69) is 0 Å². The van der Waals surface area contributed by atoms with Crippen LogP contribution in [-0.4, -0.2) is 61.6 Å². The zero-order chi connectivity index (χ0) is 22.8. The Morgan fingerprint density at radius 1 is 1.06 bits per heavy atom. The van der Waals surface area contributed by atoms with Gasteiger partial charge in [-0.25, -0.2) is 8.42 Å². The Kier molecular flexibility index (Phi) is 7.03. The average molecular weight is 465 g/mol. The van der Waals surface area contributed by atoms with Gasteiger partial charge < -0.3 is 9.64 Å². The third kappa shape index (κ3) is 5.26. The first-order chi connectivity index (χ1) is 14.6. The van der Waals surface area contributed by atoms with Gasteiger partial charge in [0.2, 0.25) is 10.0 Å². The number of rotatable bonds is 6. The molecule has 0 bridgehead atoms. The number of hydrogen-bond donors (Lipinski definition) is 0. The molecule has 1 atom stereocenters. The Balaban J connectivity index is 1.64. The Morgan fingerprint density at radius 2 is 1.74 bits per heavy atom. The van der Waals surface area contributed by atoms with Crippen molar-refractivity contribution in [2.75, 3.05) is 26.2 Å². The van der Waals surface area contributed by atoms with Crippen LogP contribution in [0.25, 0.3) is 0 Å². The standard InChI is InChI=1S/C22H25ClN2O5S/c1-15-7-8-20(23)21(13-15)30-17(3)22(27)24-9-11-25(12-10-24)31(28,29)19-6-4-5-18(14-19)16(2)26/h4-8,13-14,17H,9-12H2,1-3H3. The molecule has 0 N–H and O–H groups in total. The van der Waals surface area contributed by atoms with E-state index in [1.165, 1.54) is 23.4 Å². The van der Waals surface area contributed by atoms with Gasteiger partial charge in [-0.3, -0.25) is 9.59 Å². The van der Waals surface area contributed by atoms with Crippen LogP contribution in [0.5, 0.6) is 5.75 Å². The van der Waals surface area contributed by atoms with Crippen molar-refractivity contribution in [1.82, 2.24) is 9.21 Å². The quantitative estimate of drug-likeness (QED) is 0.613. The van der Waals surface area contributed by atoms with Crippen molar-refractivity contribution in [2.45, 2.75) is 31.8 Å². The highest BCUT2D eigenvalue weighted by Gasteiger charge is 2.32. The van der Waals surface area contributed by atoms with E-state index in [9.17, 15) is 18.0 Å². The fraction of sp³-hybridized carbons (Fsp3) is 0.364. The fourth-order valence-corrected chi connectivity index (χ4v) is 5.00. The van der Waals surface area contributed by atoms with Gasteiger partial charge in [-0.15, -0.1) is 0 Å². The van der Waals surface area contributed by atoms with E-state index in [4.69, 9.17) is 16.3 Å². The van der Waals surface area contributed by atoms with E-state index in [1.54, 1.807) is 36.1 Å². The van der Waals surface area contributed by atoms with Crippen molar-refractivity contribution < 1.29 is 22.7 Å². The predicted molar refractivity (Wildman–Crippen MR) is 118 cm³/mol. The highest BCUT2D eigenvalue weighted by Crippen LogP contribution is 2.27. The molecular weight excluding hydrogens is 440 g/mol. The SMILES string of the molecule is CC(=O)c1cccc(S(=O)(=O)N2CCN(C(=O)C(C)Oc3cc(C)ccc3Cl)CC2)c1. The number of aryl methyl sites for hydroxylation is 1. The Morgan fingerprint density at radius 3 is 2.39 bits per heavy atom. The lowest BCUT2D eigenvalue weighted by molar-refractivity contribution is -0.139. The van der Waals surface area contributed by atoms with Gasteiger partial charge in [-0.1, -0.05) is 29.8 Å². The zero-order valence-corrected chi connectivity index (χ0v) is 19.2. The van der Waals surface area contributed by atoms with Gasteiger partial charge in [-0.05, 0) is 50.6 Å². The molecule has 3 rings (SSSR count). The molecule has 7 nitrogen and oxygen atoms in total. The average Bonchev–Trinajstić information content (AvgIpc) is 2.75. The van der Waals surface area contributed by atoms with Crippen molar-refractivity contribution >= 4 is 33.3 Å². The van der Waals surface area contributed by atoms with Crippen LogP contribution in [-0.2, 0) is 14.8 Å². The molecule has 1 fully saturated rings. The van der Waals surface area contributed by atoms with Crippen LogP contribution in [0.1, 0.15) is 29.8 Å². The van der Waals surface area contributed by atoms with E-state index < -0.39 is 16.1 Å². The van der Waals surface area contributed by atoms with Crippen molar-refractivity contribution in [3.63, 3.8) is 0 Å². The third-order valence-electron chi connectivity index (χ3n) is 5.17. The van der Waals surface area contributed by atoms with Crippen LogP contribution in [0, 0.1) is 6.92 Å². The maximum Gasteiger partial charge on any atom is 0.263 e. The Bertz CT molecular complexity index is 1090. The van der Waals surface area contributed by atoms with Gasteiger partial charge in [0.25, 0.3) is 5.91 Å². The maximum atomic E-state index is 13.0. The second kappa shape index (κ2) is 9.38. The molecule has 31 heavy (non-hydrogen) atoms. The molecule has 0 radical (unpaired) electrons. The molecule has 0 aliphatic carbocycles. The number of piperazine rings is 1. The number of hydrogen-bond acceptors (Lipinski definition) is 5. The maximum absolute atomic E-state index is 13.0. The highest BCUT2D eigenvalue weighted by molar-refractivity contribution is 7.89. The number of sulfonamides is 1. The van der Waals surface area contributed by atoms with Crippen molar-refractivity contribution in [3.8, 4) is 5.75 Å². The summed E-state index contributed by atoms with van der Waals surface area (Å²) in [5, 5.41) is 0.425. The van der Waals surface area contributed by atoms with Crippen LogP contribution in [0.2, 0.25) is 5.02 Å². The van der Waals surface area contributed by atoms with Gasteiger partial charge in [-0.2, -0.15) is 4.31 Å². The van der Waals surface area contributed by atoms with Gasteiger partial charge in [0.1, 0.15) is 5.75 Å². The summed E-state index contributed by atoms with van der Waals surface area (Å²) < 4.78 is 33.0. The summed E-state index contributed by atoms with van der Waals surface area (Å²) >= 11 is 6.14. The number of nitrogens with zero attached hydrogens (tertiary/aromatic N) is 2.